The highest BCUT2D eigenvalue weighted by atomic mass is 14.9. The minimum Gasteiger partial charge on any atom is -0.317 e. The molecular weight excluding hydrogens is 186 g/mol. The molecule has 1 aliphatic carbocycles. The molecule has 1 N–H and O–H groups in total. The summed E-state index contributed by atoms with van der Waals surface area (Å²) in [6.45, 7) is 2.03. The molecule has 0 amide bonds. The molecule has 0 aromatic carbocycles. The predicted molar refractivity (Wildman–Crippen MR) is 60.8 cm³/mol. The molecule has 82 valence electrons. The second-order valence-electron chi connectivity index (χ2n) is 4.39. The summed E-state index contributed by atoms with van der Waals surface area (Å²) in [4.78, 5) is 8.90. The Morgan fingerprint density at radius 1 is 1.27 bits per heavy atom. The van der Waals surface area contributed by atoms with E-state index < -0.39 is 0 Å². The first-order chi connectivity index (χ1) is 7.29. The Morgan fingerprint density at radius 2 is 2.00 bits per heavy atom. The van der Waals surface area contributed by atoms with Gasteiger partial charge in [0, 0.05) is 23.9 Å². The van der Waals surface area contributed by atoms with Crippen LogP contribution in [0.5, 0.6) is 0 Å². The van der Waals surface area contributed by atoms with Crippen LogP contribution in [0.1, 0.15) is 43.1 Å². The number of hydrogen-bond donors (Lipinski definition) is 1. The molecular formula is C12H19N3. The van der Waals surface area contributed by atoms with Gasteiger partial charge in [-0.3, -0.25) is 0 Å². The molecule has 1 fully saturated rings. The van der Waals surface area contributed by atoms with Gasteiger partial charge in [-0.15, -0.1) is 0 Å². The molecule has 3 nitrogen and oxygen atoms in total. The number of rotatable bonds is 2. The standard InChI is InChI=1S/C12H19N3/c1-9-7-8-14-12(15-9)10-3-5-11(13-2)6-4-10/h7-8,10-11,13H,3-6H2,1-2H3. The van der Waals surface area contributed by atoms with Crippen LogP contribution in [0.4, 0.5) is 0 Å². The van der Waals surface area contributed by atoms with Crippen LogP contribution in [-0.2, 0) is 0 Å². The molecule has 1 aromatic rings. The van der Waals surface area contributed by atoms with E-state index in [0.29, 0.717) is 12.0 Å². The van der Waals surface area contributed by atoms with E-state index in [0.717, 1.165) is 11.5 Å². The summed E-state index contributed by atoms with van der Waals surface area (Å²) in [7, 11) is 2.05. The minimum absolute atomic E-state index is 0.578. The summed E-state index contributed by atoms with van der Waals surface area (Å²) >= 11 is 0. The molecule has 1 aromatic heterocycles. The van der Waals surface area contributed by atoms with Crippen LogP contribution in [0.25, 0.3) is 0 Å². The summed E-state index contributed by atoms with van der Waals surface area (Å²) in [6, 6.07) is 2.66. The lowest BCUT2D eigenvalue weighted by atomic mass is 9.85. The third-order valence-electron chi connectivity index (χ3n) is 3.31. The summed E-state index contributed by atoms with van der Waals surface area (Å²) < 4.78 is 0. The van der Waals surface area contributed by atoms with Gasteiger partial charge in [-0.05, 0) is 45.7 Å². The summed E-state index contributed by atoms with van der Waals surface area (Å²) in [5.41, 5.74) is 1.08. The van der Waals surface area contributed by atoms with Gasteiger partial charge in [0.25, 0.3) is 0 Å². The maximum absolute atomic E-state index is 4.52. The number of aromatic nitrogens is 2. The molecule has 0 bridgehead atoms. The molecule has 0 spiro atoms. The molecule has 0 aliphatic heterocycles. The second kappa shape index (κ2) is 4.71. The second-order valence-corrected chi connectivity index (χ2v) is 4.39. The van der Waals surface area contributed by atoms with Crippen molar-refractivity contribution < 1.29 is 0 Å². The van der Waals surface area contributed by atoms with Gasteiger partial charge in [0.15, 0.2) is 0 Å². The highest BCUT2D eigenvalue weighted by Crippen LogP contribution is 2.30. The molecule has 1 saturated carbocycles. The van der Waals surface area contributed by atoms with Crippen molar-refractivity contribution in [2.24, 2.45) is 0 Å². The van der Waals surface area contributed by atoms with Crippen molar-refractivity contribution in [3.8, 4) is 0 Å². The fourth-order valence-corrected chi connectivity index (χ4v) is 2.31. The van der Waals surface area contributed by atoms with E-state index in [1.807, 2.05) is 26.2 Å². The van der Waals surface area contributed by atoms with Gasteiger partial charge in [-0.25, -0.2) is 9.97 Å². The summed E-state index contributed by atoms with van der Waals surface area (Å²) in [5.74, 6) is 1.62. The molecule has 0 saturated heterocycles. The Bertz CT molecular complexity index is 316. The van der Waals surface area contributed by atoms with Crippen LogP contribution < -0.4 is 5.32 Å². The normalized spacial score (nSPS) is 26.5. The Labute approximate surface area is 91.3 Å². The van der Waals surface area contributed by atoms with Crippen LogP contribution >= 0.6 is 0 Å². The highest BCUT2D eigenvalue weighted by molar-refractivity contribution is 5.05. The fraction of sp³-hybridized carbons (Fsp3) is 0.667. The number of hydrogen-bond acceptors (Lipinski definition) is 3. The first kappa shape index (κ1) is 10.6. The van der Waals surface area contributed by atoms with Crippen LogP contribution in [0.2, 0.25) is 0 Å². The lowest BCUT2D eigenvalue weighted by Crippen LogP contribution is -2.29. The van der Waals surface area contributed by atoms with Gasteiger partial charge in [0.2, 0.25) is 0 Å². The van der Waals surface area contributed by atoms with Crippen LogP contribution in [-0.4, -0.2) is 23.1 Å². The molecule has 0 atom stereocenters. The number of nitrogens with one attached hydrogen (secondary N) is 1. The quantitative estimate of drug-likeness (QED) is 0.802. The van der Waals surface area contributed by atoms with Crippen molar-refractivity contribution in [2.75, 3.05) is 7.05 Å². The molecule has 0 unspecified atom stereocenters. The Kier molecular flexibility index (Phi) is 3.31. The van der Waals surface area contributed by atoms with Crippen molar-refractivity contribution >= 4 is 0 Å². The zero-order valence-electron chi connectivity index (χ0n) is 9.53. The Morgan fingerprint density at radius 3 is 2.60 bits per heavy atom. The van der Waals surface area contributed by atoms with Gasteiger partial charge in [-0.2, -0.15) is 0 Å². The smallest absolute Gasteiger partial charge is 0.131 e. The molecule has 1 heterocycles. The minimum atomic E-state index is 0.578. The van der Waals surface area contributed by atoms with E-state index in [1.54, 1.807) is 0 Å². The average Bonchev–Trinajstić information content (AvgIpc) is 2.29. The van der Waals surface area contributed by atoms with E-state index in [2.05, 4.69) is 15.3 Å². The van der Waals surface area contributed by atoms with E-state index in [4.69, 9.17) is 0 Å². The van der Waals surface area contributed by atoms with Crippen LogP contribution in [0.3, 0.4) is 0 Å². The van der Waals surface area contributed by atoms with Crippen molar-refractivity contribution in [2.45, 2.75) is 44.6 Å². The van der Waals surface area contributed by atoms with Gasteiger partial charge in [0.05, 0.1) is 0 Å². The zero-order valence-corrected chi connectivity index (χ0v) is 9.53. The average molecular weight is 205 g/mol. The lowest BCUT2D eigenvalue weighted by molar-refractivity contribution is 0.350. The van der Waals surface area contributed by atoms with Gasteiger partial charge < -0.3 is 5.32 Å². The molecule has 1 aliphatic rings. The summed E-state index contributed by atoms with van der Waals surface area (Å²) in [5, 5.41) is 3.35. The van der Waals surface area contributed by atoms with E-state index in [-0.39, 0.29) is 0 Å². The van der Waals surface area contributed by atoms with Crippen molar-refractivity contribution in [1.29, 1.82) is 0 Å². The Hall–Kier alpha value is -0.960. The van der Waals surface area contributed by atoms with Crippen molar-refractivity contribution in [3.63, 3.8) is 0 Å². The fourth-order valence-electron chi connectivity index (χ4n) is 2.31. The predicted octanol–water partition coefficient (Wildman–Crippen LogP) is 2.03. The monoisotopic (exact) mass is 205 g/mol. The zero-order chi connectivity index (χ0) is 10.7. The first-order valence-electron chi connectivity index (χ1n) is 5.76. The van der Waals surface area contributed by atoms with Crippen molar-refractivity contribution in [1.82, 2.24) is 15.3 Å². The SMILES string of the molecule is CNC1CCC(c2nccc(C)n2)CC1. The molecule has 2 rings (SSSR count). The molecule has 15 heavy (non-hydrogen) atoms. The van der Waals surface area contributed by atoms with Crippen LogP contribution in [0, 0.1) is 6.92 Å². The topological polar surface area (TPSA) is 37.8 Å². The van der Waals surface area contributed by atoms with E-state index >= 15 is 0 Å². The maximum atomic E-state index is 4.52. The lowest BCUT2D eigenvalue weighted by Gasteiger charge is -2.27. The highest BCUT2D eigenvalue weighted by Gasteiger charge is 2.22. The van der Waals surface area contributed by atoms with Gasteiger partial charge in [-0.1, -0.05) is 0 Å². The molecule has 3 heteroatoms. The third kappa shape index (κ3) is 2.53. The third-order valence-corrected chi connectivity index (χ3v) is 3.31. The first-order valence-corrected chi connectivity index (χ1v) is 5.76. The maximum Gasteiger partial charge on any atom is 0.131 e. The van der Waals surface area contributed by atoms with Gasteiger partial charge >= 0.3 is 0 Å². The largest absolute Gasteiger partial charge is 0.317 e. The van der Waals surface area contributed by atoms with E-state index in [9.17, 15) is 0 Å². The molecule has 0 radical (unpaired) electrons. The summed E-state index contributed by atoms with van der Waals surface area (Å²) in [6.07, 6.45) is 6.81. The van der Waals surface area contributed by atoms with E-state index in [1.165, 1.54) is 25.7 Å². The number of nitrogens with zero attached hydrogens (tertiary/aromatic N) is 2. The van der Waals surface area contributed by atoms with Crippen molar-refractivity contribution in [3.05, 3.63) is 23.8 Å². The number of aryl methyl sites for hydroxylation is 1. The van der Waals surface area contributed by atoms with Crippen LogP contribution in [0.15, 0.2) is 12.3 Å². The Balaban J connectivity index is 2.01. The van der Waals surface area contributed by atoms with Gasteiger partial charge in [0.1, 0.15) is 5.82 Å².